The first-order chi connectivity index (χ1) is 12.9. The van der Waals surface area contributed by atoms with Crippen molar-refractivity contribution < 1.29 is 19.4 Å². The highest BCUT2D eigenvalue weighted by Gasteiger charge is 2.17. The zero-order valence-corrected chi connectivity index (χ0v) is 15.7. The summed E-state index contributed by atoms with van der Waals surface area (Å²) in [5, 5.41) is 11.8. The normalized spacial score (nSPS) is 12.3. The minimum Gasteiger partial charge on any atom is -0.481 e. The van der Waals surface area contributed by atoms with Gasteiger partial charge in [0.15, 0.2) is 6.10 Å². The second kappa shape index (κ2) is 9.44. The standard InChI is InChI=1S/C22H23NO4/c1-4-7-18(14-21(24)25)17-10-12-19(13-11-17)23-22(26)16(3)27-20-9-6-5-8-15(20)2/h5-6,8-13,16,18H,14H2,1-3H3,(H,23,26)(H,24,25). The van der Waals surface area contributed by atoms with Crippen LogP contribution in [0.3, 0.4) is 0 Å². The van der Waals surface area contributed by atoms with Gasteiger partial charge >= 0.3 is 5.97 Å². The molecule has 0 spiro atoms. The van der Waals surface area contributed by atoms with E-state index in [0.29, 0.717) is 11.4 Å². The van der Waals surface area contributed by atoms with Gasteiger partial charge in [0.25, 0.3) is 5.91 Å². The van der Waals surface area contributed by atoms with Crippen LogP contribution in [0.25, 0.3) is 0 Å². The van der Waals surface area contributed by atoms with Crippen LogP contribution >= 0.6 is 0 Å². The molecule has 2 aromatic rings. The van der Waals surface area contributed by atoms with Crippen LogP contribution in [0.15, 0.2) is 48.5 Å². The molecule has 2 N–H and O–H groups in total. The van der Waals surface area contributed by atoms with Crippen molar-refractivity contribution in [2.24, 2.45) is 0 Å². The van der Waals surface area contributed by atoms with Gasteiger partial charge in [0.1, 0.15) is 5.75 Å². The molecule has 0 saturated carbocycles. The predicted molar refractivity (Wildman–Crippen MR) is 105 cm³/mol. The third kappa shape index (κ3) is 5.89. The van der Waals surface area contributed by atoms with Crippen molar-refractivity contribution in [2.45, 2.75) is 39.2 Å². The maximum Gasteiger partial charge on any atom is 0.304 e. The molecule has 5 heteroatoms. The third-order valence-corrected chi connectivity index (χ3v) is 4.04. The van der Waals surface area contributed by atoms with Crippen LogP contribution in [0, 0.1) is 18.8 Å². The SMILES string of the molecule is CC#CC(CC(=O)O)c1ccc(NC(=O)C(C)Oc2ccccc2C)cc1. The van der Waals surface area contributed by atoms with Crippen molar-refractivity contribution in [3.63, 3.8) is 0 Å². The molecule has 5 nitrogen and oxygen atoms in total. The average Bonchev–Trinajstić information content (AvgIpc) is 2.63. The molecule has 27 heavy (non-hydrogen) atoms. The van der Waals surface area contributed by atoms with Crippen LogP contribution < -0.4 is 10.1 Å². The molecule has 1 amide bonds. The number of amides is 1. The van der Waals surface area contributed by atoms with E-state index in [1.807, 2.05) is 31.2 Å². The number of benzene rings is 2. The Kier molecular flexibility index (Phi) is 7.01. The minimum absolute atomic E-state index is 0.0617. The fraction of sp³-hybridized carbons (Fsp3) is 0.273. The third-order valence-electron chi connectivity index (χ3n) is 4.04. The van der Waals surface area contributed by atoms with E-state index < -0.39 is 12.1 Å². The molecule has 2 atom stereocenters. The van der Waals surface area contributed by atoms with Gasteiger partial charge in [-0.25, -0.2) is 0 Å². The Balaban J connectivity index is 2.02. The van der Waals surface area contributed by atoms with Gasteiger partial charge in [-0.05, 0) is 50.1 Å². The van der Waals surface area contributed by atoms with E-state index in [1.165, 1.54) is 0 Å². The van der Waals surface area contributed by atoms with Crippen LogP contribution in [-0.4, -0.2) is 23.1 Å². The lowest BCUT2D eigenvalue weighted by Crippen LogP contribution is -2.30. The molecule has 2 aromatic carbocycles. The van der Waals surface area contributed by atoms with Gasteiger partial charge < -0.3 is 15.2 Å². The van der Waals surface area contributed by atoms with E-state index in [0.717, 1.165) is 11.1 Å². The maximum atomic E-state index is 12.4. The highest BCUT2D eigenvalue weighted by atomic mass is 16.5. The van der Waals surface area contributed by atoms with Crippen molar-refractivity contribution >= 4 is 17.6 Å². The van der Waals surface area contributed by atoms with Gasteiger partial charge in [-0.2, -0.15) is 0 Å². The summed E-state index contributed by atoms with van der Waals surface area (Å²) < 4.78 is 5.72. The molecule has 0 heterocycles. The summed E-state index contributed by atoms with van der Waals surface area (Å²) in [6.07, 6.45) is -0.718. The first kappa shape index (κ1) is 20.1. The molecular weight excluding hydrogens is 342 g/mol. The summed E-state index contributed by atoms with van der Waals surface area (Å²) in [6.45, 7) is 5.29. The Labute approximate surface area is 159 Å². The molecule has 0 aromatic heterocycles. The minimum atomic E-state index is -0.901. The lowest BCUT2D eigenvalue weighted by Gasteiger charge is -2.16. The van der Waals surface area contributed by atoms with Crippen molar-refractivity contribution in [1.82, 2.24) is 0 Å². The maximum absolute atomic E-state index is 12.4. The predicted octanol–water partition coefficient (Wildman–Crippen LogP) is 3.98. The molecule has 2 unspecified atom stereocenters. The molecular formula is C22H23NO4. The average molecular weight is 365 g/mol. The Hall–Kier alpha value is -3.26. The number of nitrogens with one attached hydrogen (secondary N) is 1. The summed E-state index contributed by atoms with van der Waals surface area (Å²) in [5.41, 5.74) is 2.37. The highest BCUT2D eigenvalue weighted by molar-refractivity contribution is 5.94. The summed E-state index contributed by atoms with van der Waals surface area (Å²) in [7, 11) is 0. The van der Waals surface area contributed by atoms with E-state index in [2.05, 4.69) is 17.2 Å². The number of ether oxygens (including phenoxy) is 1. The molecule has 2 rings (SSSR count). The number of carbonyl (C=O) groups is 2. The topological polar surface area (TPSA) is 75.6 Å². The van der Waals surface area contributed by atoms with Crippen LogP contribution in [0.2, 0.25) is 0 Å². The molecule has 0 aliphatic rings. The molecule has 0 radical (unpaired) electrons. The quantitative estimate of drug-likeness (QED) is 0.728. The number of anilines is 1. The van der Waals surface area contributed by atoms with E-state index >= 15 is 0 Å². The van der Waals surface area contributed by atoms with E-state index in [9.17, 15) is 9.59 Å². The number of carboxylic acid groups (broad SMARTS) is 1. The molecule has 0 aliphatic heterocycles. The van der Waals surface area contributed by atoms with Crippen LogP contribution in [0.4, 0.5) is 5.69 Å². The van der Waals surface area contributed by atoms with Gasteiger partial charge in [-0.3, -0.25) is 9.59 Å². The summed E-state index contributed by atoms with van der Waals surface area (Å²) in [5.74, 6) is 4.80. The van der Waals surface area contributed by atoms with Crippen molar-refractivity contribution in [2.75, 3.05) is 5.32 Å². The number of aliphatic carboxylic acids is 1. The Morgan fingerprint density at radius 1 is 1.15 bits per heavy atom. The lowest BCUT2D eigenvalue weighted by atomic mass is 9.96. The largest absolute Gasteiger partial charge is 0.481 e. The number of rotatable bonds is 7. The number of carboxylic acids is 1. The number of carbonyl (C=O) groups excluding carboxylic acids is 1. The second-order valence-electron chi connectivity index (χ2n) is 6.18. The Morgan fingerprint density at radius 2 is 1.81 bits per heavy atom. The van der Waals surface area contributed by atoms with Gasteiger partial charge in [-0.15, -0.1) is 5.92 Å². The van der Waals surface area contributed by atoms with Crippen molar-refractivity contribution in [3.8, 4) is 17.6 Å². The molecule has 140 valence electrons. The van der Waals surface area contributed by atoms with Crippen LogP contribution in [0.5, 0.6) is 5.75 Å². The zero-order valence-electron chi connectivity index (χ0n) is 15.7. The first-order valence-electron chi connectivity index (χ1n) is 8.68. The lowest BCUT2D eigenvalue weighted by molar-refractivity contribution is -0.137. The fourth-order valence-corrected chi connectivity index (χ4v) is 2.58. The molecule has 0 fully saturated rings. The van der Waals surface area contributed by atoms with Gasteiger partial charge in [0.05, 0.1) is 12.3 Å². The summed E-state index contributed by atoms with van der Waals surface area (Å²) >= 11 is 0. The van der Waals surface area contributed by atoms with E-state index in [1.54, 1.807) is 38.1 Å². The van der Waals surface area contributed by atoms with Gasteiger partial charge in [0, 0.05) is 5.69 Å². The molecule has 0 saturated heterocycles. The number of para-hydroxylation sites is 1. The van der Waals surface area contributed by atoms with E-state index in [4.69, 9.17) is 9.84 Å². The van der Waals surface area contributed by atoms with Crippen LogP contribution in [-0.2, 0) is 9.59 Å². The number of hydrogen-bond acceptors (Lipinski definition) is 3. The zero-order chi connectivity index (χ0) is 19.8. The van der Waals surface area contributed by atoms with Crippen molar-refractivity contribution in [1.29, 1.82) is 0 Å². The number of hydrogen-bond donors (Lipinski definition) is 2. The van der Waals surface area contributed by atoms with Crippen molar-refractivity contribution in [3.05, 3.63) is 59.7 Å². The molecule has 0 aliphatic carbocycles. The smallest absolute Gasteiger partial charge is 0.304 e. The van der Waals surface area contributed by atoms with E-state index in [-0.39, 0.29) is 18.2 Å². The van der Waals surface area contributed by atoms with Crippen LogP contribution in [0.1, 0.15) is 37.3 Å². The monoisotopic (exact) mass is 365 g/mol. The summed E-state index contributed by atoms with van der Waals surface area (Å²) in [6, 6.07) is 14.5. The van der Waals surface area contributed by atoms with Gasteiger partial charge in [-0.1, -0.05) is 36.3 Å². The first-order valence-corrected chi connectivity index (χ1v) is 8.68. The Bertz CT molecular complexity index is 862. The number of aryl methyl sites for hydroxylation is 1. The fourth-order valence-electron chi connectivity index (χ4n) is 2.58. The second-order valence-corrected chi connectivity index (χ2v) is 6.18. The highest BCUT2D eigenvalue weighted by Crippen LogP contribution is 2.22. The molecule has 0 bridgehead atoms. The Morgan fingerprint density at radius 3 is 2.41 bits per heavy atom. The summed E-state index contributed by atoms with van der Waals surface area (Å²) in [4.78, 5) is 23.3. The van der Waals surface area contributed by atoms with Gasteiger partial charge in [0.2, 0.25) is 0 Å².